The van der Waals surface area contributed by atoms with E-state index in [1.54, 1.807) is 0 Å². The van der Waals surface area contributed by atoms with Crippen molar-refractivity contribution < 1.29 is 9.59 Å². The lowest BCUT2D eigenvalue weighted by molar-refractivity contribution is -0.129. The van der Waals surface area contributed by atoms with E-state index >= 15 is 0 Å². The van der Waals surface area contributed by atoms with E-state index < -0.39 is 0 Å². The molecule has 2 rings (SSSR count). The van der Waals surface area contributed by atoms with Crippen molar-refractivity contribution in [2.24, 2.45) is 11.0 Å². The standard InChI is InChI=1S/C19H27N3O2/c1-2-9-17(15-10-5-3-6-11-15)21-22-18(23)14-20-19(24)16-12-7-4-8-13-16/h3,5-6,10-11,16H,2,4,7-9,12-14H2,1H3,(H,20,24)(H,22,23)/b21-17+. The van der Waals surface area contributed by atoms with Crippen LogP contribution in [-0.4, -0.2) is 24.1 Å². The zero-order valence-corrected chi connectivity index (χ0v) is 14.4. The van der Waals surface area contributed by atoms with Crippen LogP contribution in [0.4, 0.5) is 0 Å². The second-order valence-corrected chi connectivity index (χ2v) is 6.26. The number of hydrogen-bond acceptors (Lipinski definition) is 3. The van der Waals surface area contributed by atoms with E-state index in [0.29, 0.717) is 0 Å². The van der Waals surface area contributed by atoms with Crippen molar-refractivity contribution in [2.75, 3.05) is 6.54 Å². The summed E-state index contributed by atoms with van der Waals surface area (Å²) in [5, 5.41) is 6.97. The summed E-state index contributed by atoms with van der Waals surface area (Å²) in [6, 6.07) is 9.81. The summed E-state index contributed by atoms with van der Waals surface area (Å²) in [6.07, 6.45) is 7.01. The third-order valence-electron chi connectivity index (χ3n) is 4.31. The molecule has 0 aliphatic heterocycles. The lowest BCUT2D eigenvalue weighted by Gasteiger charge is -2.20. The van der Waals surface area contributed by atoms with Crippen LogP contribution >= 0.6 is 0 Å². The molecule has 1 aromatic carbocycles. The maximum Gasteiger partial charge on any atom is 0.259 e. The summed E-state index contributed by atoms with van der Waals surface area (Å²) >= 11 is 0. The van der Waals surface area contributed by atoms with Crippen LogP contribution in [0, 0.1) is 5.92 Å². The van der Waals surface area contributed by atoms with Gasteiger partial charge in [-0.05, 0) is 24.8 Å². The van der Waals surface area contributed by atoms with E-state index in [9.17, 15) is 9.59 Å². The molecule has 0 heterocycles. The van der Waals surface area contributed by atoms with Crippen molar-refractivity contribution in [2.45, 2.75) is 51.9 Å². The van der Waals surface area contributed by atoms with Crippen molar-refractivity contribution in [1.29, 1.82) is 0 Å². The molecule has 2 amide bonds. The summed E-state index contributed by atoms with van der Waals surface area (Å²) in [6.45, 7) is 2.05. The fourth-order valence-corrected chi connectivity index (χ4v) is 2.98. The first-order valence-electron chi connectivity index (χ1n) is 8.89. The van der Waals surface area contributed by atoms with Gasteiger partial charge in [0.25, 0.3) is 5.91 Å². The summed E-state index contributed by atoms with van der Waals surface area (Å²) in [7, 11) is 0. The third kappa shape index (κ3) is 5.80. The van der Waals surface area contributed by atoms with Gasteiger partial charge >= 0.3 is 0 Å². The fourth-order valence-electron chi connectivity index (χ4n) is 2.98. The van der Waals surface area contributed by atoms with Crippen LogP contribution < -0.4 is 10.7 Å². The van der Waals surface area contributed by atoms with Gasteiger partial charge in [0.1, 0.15) is 0 Å². The Hall–Kier alpha value is -2.17. The molecule has 0 radical (unpaired) electrons. The number of benzene rings is 1. The van der Waals surface area contributed by atoms with E-state index in [2.05, 4.69) is 22.8 Å². The summed E-state index contributed by atoms with van der Waals surface area (Å²) in [5.74, 6) is -0.232. The molecule has 5 heteroatoms. The maximum atomic E-state index is 12.0. The van der Waals surface area contributed by atoms with E-state index in [4.69, 9.17) is 0 Å². The second-order valence-electron chi connectivity index (χ2n) is 6.26. The van der Waals surface area contributed by atoms with Gasteiger partial charge in [-0.2, -0.15) is 5.10 Å². The van der Waals surface area contributed by atoms with Gasteiger partial charge in [0.2, 0.25) is 5.91 Å². The van der Waals surface area contributed by atoms with Gasteiger partial charge in [-0.1, -0.05) is 62.9 Å². The smallest absolute Gasteiger partial charge is 0.259 e. The van der Waals surface area contributed by atoms with E-state index in [1.807, 2.05) is 30.3 Å². The van der Waals surface area contributed by atoms with Crippen LogP contribution in [-0.2, 0) is 9.59 Å². The quantitative estimate of drug-likeness (QED) is 0.596. The van der Waals surface area contributed by atoms with Gasteiger partial charge in [-0.3, -0.25) is 9.59 Å². The number of carbonyl (C=O) groups excluding carboxylic acids is 2. The summed E-state index contributed by atoms with van der Waals surface area (Å²) < 4.78 is 0. The van der Waals surface area contributed by atoms with E-state index in [0.717, 1.165) is 49.8 Å². The van der Waals surface area contributed by atoms with Crippen LogP contribution in [0.1, 0.15) is 57.4 Å². The monoisotopic (exact) mass is 329 g/mol. The van der Waals surface area contributed by atoms with Gasteiger partial charge in [-0.25, -0.2) is 5.43 Å². The number of nitrogens with zero attached hydrogens (tertiary/aromatic N) is 1. The van der Waals surface area contributed by atoms with Crippen LogP contribution in [0.2, 0.25) is 0 Å². The first-order chi connectivity index (χ1) is 11.7. The Kier molecular flexibility index (Phi) is 7.46. The first-order valence-corrected chi connectivity index (χ1v) is 8.89. The highest BCUT2D eigenvalue weighted by Gasteiger charge is 2.21. The molecule has 0 unspecified atom stereocenters. The minimum absolute atomic E-state index is 0.00864. The molecule has 2 N–H and O–H groups in total. The van der Waals surface area contributed by atoms with Crippen LogP contribution in [0.25, 0.3) is 0 Å². The number of nitrogens with one attached hydrogen (secondary N) is 2. The molecular formula is C19H27N3O2. The lowest BCUT2D eigenvalue weighted by atomic mass is 9.89. The first kappa shape index (κ1) is 18.2. The number of hydrazone groups is 1. The molecule has 1 aliphatic carbocycles. The molecule has 1 aromatic rings. The molecule has 0 spiro atoms. The average Bonchev–Trinajstić information content (AvgIpc) is 2.64. The molecule has 1 saturated carbocycles. The Labute approximate surface area is 143 Å². The van der Waals surface area contributed by atoms with Crippen LogP contribution in [0.15, 0.2) is 35.4 Å². The third-order valence-corrected chi connectivity index (χ3v) is 4.31. The van der Waals surface area contributed by atoms with Crippen molar-refractivity contribution in [3.63, 3.8) is 0 Å². The largest absolute Gasteiger partial charge is 0.347 e. The molecule has 0 aromatic heterocycles. The number of hydrogen-bond donors (Lipinski definition) is 2. The van der Waals surface area contributed by atoms with Gasteiger partial charge < -0.3 is 5.32 Å². The Balaban J connectivity index is 1.82. The average molecular weight is 329 g/mol. The van der Waals surface area contributed by atoms with Gasteiger partial charge in [-0.15, -0.1) is 0 Å². The molecule has 5 nitrogen and oxygen atoms in total. The summed E-state index contributed by atoms with van der Waals surface area (Å²) in [4.78, 5) is 24.0. The molecule has 0 bridgehead atoms. The Morgan fingerprint density at radius 3 is 2.50 bits per heavy atom. The van der Waals surface area contributed by atoms with Crippen LogP contribution in [0.5, 0.6) is 0 Å². The van der Waals surface area contributed by atoms with Gasteiger partial charge in [0, 0.05) is 5.92 Å². The molecule has 130 valence electrons. The summed E-state index contributed by atoms with van der Waals surface area (Å²) in [5.41, 5.74) is 4.42. The van der Waals surface area contributed by atoms with E-state index in [-0.39, 0.29) is 24.3 Å². The predicted molar refractivity (Wildman–Crippen MR) is 95.6 cm³/mol. The second kappa shape index (κ2) is 9.85. The van der Waals surface area contributed by atoms with Gasteiger partial charge in [0.05, 0.1) is 12.3 Å². The number of amides is 2. The van der Waals surface area contributed by atoms with Crippen LogP contribution in [0.3, 0.4) is 0 Å². The highest BCUT2D eigenvalue weighted by Crippen LogP contribution is 2.23. The number of rotatable bonds is 7. The fraction of sp³-hybridized carbons (Fsp3) is 0.526. The highest BCUT2D eigenvalue weighted by molar-refractivity contribution is 6.01. The normalized spacial score (nSPS) is 15.8. The van der Waals surface area contributed by atoms with Crippen molar-refractivity contribution >= 4 is 17.5 Å². The highest BCUT2D eigenvalue weighted by atomic mass is 16.2. The molecule has 24 heavy (non-hydrogen) atoms. The molecule has 1 fully saturated rings. The SMILES string of the molecule is CCC/C(=N\NC(=O)CNC(=O)C1CCCCC1)c1ccccc1. The van der Waals surface area contributed by atoms with Gasteiger partial charge in [0.15, 0.2) is 0 Å². The Morgan fingerprint density at radius 1 is 1.12 bits per heavy atom. The Morgan fingerprint density at radius 2 is 1.83 bits per heavy atom. The minimum atomic E-state index is -0.288. The lowest BCUT2D eigenvalue weighted by Crippen LogP contribution is -2.39. The number of carbonyl (C=O) groups is 2. The topological polar surface area (TPSA) is 70.6 Å². The Bertz CT molecular complexity index is 563. The maximum absolute atomic E-state index is 12.0. The van der Waals surface area contributed by atoms with Crippen molar-refractivity contribution in [3.05, 3.63) is 35.9 Å². The molecule has 0 saturated heterocycles. The molecule has 1 aliphatic rings. The van der Waals surface area contributed by atoms with Crippen molar-refractivity contribution in [3.8, 4) is 0 Å². The zero-order chi connectivity index (χ0) is 17.2. The molecular weight excluding hydrogens is 302 g/mol. The van der Waals surface area contributed by atoms with E-state index in [1.165, 1.54) is 6.42 Å². The molecule has 0 atom stereocenters. The minimum Gasteiger partial charge on any atom is -0.347 e. The predicted octanol–water partition coefficient (Wildman–Crippen LogP) is 3.00. The van der Waals surface area contributed by atoms with Crippen molar-refractivity contribution in [1.82, 2.24) is 10.7 Å². The zero-order valence-electron chi connectivity index (χ0n) is 14.4.